The van der Waals surface area contributed by atoms with Crippen molar-refractivity contribution < 1.29 is 22.4 Å². The minimum atomic E-state index is -4.40. The van der Waals surface area contributed by atoms with Crippen molar-refractivity contribution in [3.63, 3.8) is 0 Å². The lowest BCUT2D eigenvalue weighted by atomic mass is 10.0. The van der Waals surface area contributed by atoms with Crippen molar-refractivity contribution in [1.29, 1.82) is 0 Å². The largest absolute Gasteiger partial charge is 0.412 e. The summed E-state index contributed by atoms with van der Waals surface area (Å²) in [6.45, 7) is 8.94. The first kappa shape index (κ1) is 29.8. The molecule has 1 aliphatic heterocycles. The van der Waals surface area contributed by atoms with Gasteiger partial charge in [0.15, 0.2) is 0 Å². The molecule has 2 aromatic rings. The molecule has 1 heterocycles. The number of amides is 1. The summed E-state index contributed by atoms with van der Waals surface area (Å²) in [6.07, 6.45) is -0.0839. The Morgan fingerprint density at radius 3 is 2.62 bits per heavy atom. The SMILES string of the molecule is C=C/C(=C\C=C(/C)C(F)(F)F)C[C@H](N)CNC(=C)S/C(=C(\N)c1ccccc1F)c1ccc2c(c1)CC(=O)N2. The lowest BCUT2D eigenvalue weighted by molar-refractivity contribution is -0.115. The van der Waals surface area contributed by atoms with Gasteiger partial charge in [-0.25, -0.2) is 4.39 Å². The number of alkyl halides is 3. The molecule has 0 radical (unpaired) electrons. The molecule has 0 saturated carbocycles. The number of anilines is 1. The van der Waals surface area contributed by atoms with Gasteiger partial charge in [0.05, 0.1) is 17.1 Å². The first-order valence-corrected chi connectivity index (χ1v) is 12.8. The summed E-state index contributed by atoms with van der Waals surface area (Å²) in [5.41, 5.74) is 15.1. The third kappa shape index (κ3) is 8.11. The highest BCUT2D eigenvalue weighted by Crippen LogP contribution is 2.39. The summed E-state index contributed by atoms with van der Waals surface area (Å²) >= 11 is 1.19. The van der Waals surface area contributed by atoms with Crippen molar-refractivity contribution >= 4 is 34.0 Å². The van der Waals surface area contributed by atoms with Crippen molar-refractivity contribution in [1.82, 2.24) is 5.32 Å². The highest BCUT2D eigenvalue weighted by Gasteiger charge is 2.29. The second-order valence-corrected chi connectivity index (χ2v) is 10.1. The average molecular weight is 559 g/mol. The lowest BCUT2D eigenvalue weighted by Gasteiger charge is -2.18. The van der Waals surface area contributed by atoms with Gasteiger partial charge in [0.2, 0.25) is 5.91 Å². The number of carbonyl (C=O) groups excluding carboxylic acids is 1. The maximum absolute atomic E-state index is 14.6. The number of carbonyl (C=O) groups is 1. The van der Waals surface area contributed by atoms with Crippen molar-refractivity contribution in [2.24, 2.45) is 11.5 Å². The summed E-state index contributed by atoms with van der Waals surface area (Å²) in [7, 11) is 0. The fraction of sp³-hybridized carbons (Fsp3) is 0.207. The molecular formula is C29H30F4N4OS. The van der Waals surface area contributed by atoms with Gasteiger partial charge >= 0.3 is 6.18 Å². The number of nitrogens with one attached hydrogen (secondary N) is 2. The molecule has 0 aliphatic carbocycles. The number of thioether (sulfide) groups is 1. The lowest BCUT2D eigenvalue weighted by Crippen LogP contribution is -2.33. The molecule has 1 atom stereocenters. The highest BCUT2D eigenvalue weighted by molar-refractivity contribution is 8.11. The van der Waals surface area contributed by atoms with Gasteiger partial charge < -0.3 is 22.1 Å². The van der Waals surface area contributed by atoms with Gasteiger partial charge in [0.25, 0.3) is 0 Å². The Kier molecular flexibility index (Phi) is 9.82. The van der Waals surface area contributed by atoms with Crippen LogP contribution in [0.25, 0.3) is 10.6 Å². The molecule has 206 valence electrons. The van der Waals surface area contributed by atoms with Gasteiger partial charge in [-0.05, 0) is 54.3 Å². The minimum absolute atomic E-state index is 0.112. The number of hydrogen-bond donors (Lipinski definition) is 4. The van der Waals surface area contributed by atoms with E-state index in [4.69, 9.17) is 11.5 Å². The third-order valence-electron chi connectivity index (χ3n) is 5.94. The molecule has 0 aromatic heterocycles. The number of benzene rings is 2. The van der Waals surface area contributed by atoms with E-state index >= 15 is 0 Å². The summed E-state index contributed by atoms with van der Waals surface area (Å²) in [4.78, 5) is 12.4. The molecule has 1 amide bonds. The number of fused-ring (bicyclic) bond motifs is 1. The van der Waals surface area contributed by atoms with E-state index in [2.05, 4.69) is 23.8 Å². The molecule has 0 spiro atoms. The van der Waals surface area contributed by atoms with Gasteiger partial charge in [-0.3, -0.25) is 4.79 Å². The number of nitrogens with two attached hydrogens (primary N) is 2. The molecule has 1 aliphatic rings. The van der Waals surface area contributed by atoms with Crippen LogP contribution in [-0.2, 0) is 11.2 Å². The molecule has 0 fully saturated rings. The van der Waals surface area contributed by atoms with Crippen LogP contribution in [0.3, 0.4) is 0 Å². The van der Waals surface area contributed by atoms with E-state index in [1.54, 1.807) is 30.3 Å². The highest BCUT2D eigenvalue weighted by atomic mass is 32.2. The molecule has 6 N–H and O–H groups in total. The zero-order chi connectivity index (χ0) is 28.7. The predicted octanol–water partition coefficient (Wildman–Crippen LogP) is 6.24. The van der Waals surface area contributed by atoms with Crippen molar-refractivity contribution in [2.45, 2.75) is 32.0 Å². The Morgan fingerprint density at radius 2 is 1.95 bits per heavy atom. The second kappa shape index (κ2) is 12.9. The Morgan fingerprint density at radius 1 is 1.23 bits per heavy atom. The fourth-order valence-electron chi connectivity index (χ4n) is 3.77. The van der Waals surface area contributed by atoms with Gasteiger partial charge in [-0.15, -0.1) is 0 Å². The molecule has 0 bridgehead atoms. The van der Waals surface area contributed by atoms with Crippen LogP contribution >= 0.6 is 11.8 Å². The first-order chi connectivity index (χ1) is 18.4. The monoisotopic (exact) mass is 558 g/mol. The van der Waals surface area contributed by atoms with E-state index < -0.39 is 23.6 Å². The Bertz CT molecular complexity index is 1360. The number of halogens is 4. The second-order valence-electron chi connectivity index (χ2n) is 8.98. The smallest absolute Gasteiger partial charge is 0.397 e. The number of hydrogen-bond acceptors (Lipinski definition) is 5. The summed E-state index contributed by atoms with van der Waals surface area (Å²) in [5, 5.41) is 6.38. The molecule has 39 heavy (non-hydrogen) atoms. The number of rotatable bonds is 11. The summed E-state index contributed by atoms with van der Waals surface area (Å²) < 4.78 is 52.9. The maximum atomic E-state index is 14.6. The third-order valence-corrected chi connectivity index (χ3v) is 6.99. The zero-order valence-electron chi connectivity index (χ0n) is 21.4. The minimum Gasteiger partial charge on any atom is -0.397 e. The van der Waals surface area contributed by atoms with E-state index in [1.807, 2.05) is 6.07 Å². The van der Waals surface area contributed by atoms with E-state index in [1.165, 1.54) is 30.0 Å². The molecule has 0 saturated heterocycles. The normalized spacial score (nSPS) is 15.3. The van der Waals surface area contributed by atoms with Crippen LogP contribution in [-0.4, -0.2) is 24.7 Å². The van der Waals surface area contributed by atoms with Crippen LogP contribution in [0.2, 0.25) is 0 Å². The quantitative estimate of drug-likeness (QED) is 0.149. The molecule has 5 nitrogen and oxygen atoms in total. The topological polar surface area (TPSA) is 93.2 Å². The Balaban J connectivity index is 1.77. The van der Waals surface area contributed by atoms with Crippen LogP contribution in [0.1, 0.15) is 30.0 Å². The van der Waals surface area contributed by atoms with Crippen LogP contribution in [0.4, 0.5) is 23.2 Å². The molecule has 0 unspecified atom stereocenters. The van der Waals surface area contributed by atoms with Crippen LogP contribution < -0.4 is 22.1 Å². The first-order valence-electron chi connectivity index (χ1n) is 12.0. The van der Waals surface area contributed by atoms with Gasteiger partial charge in [0.1, 0.15) is 5.82 Å². The van der Waals surface area contributed by atoms with Crippen LogP contribution in [0.15, 0.2) is 90.0 Å². The number of allylic oxidation sites excluding steroid dienone is 4. The average Bonchev–Trinajstić information content (AvgIpc) is 3.26. The van der Waals surface area contributed by atoms with Crippen LogP contribution in [0, 0.1) is 5.82 Å². The predicted molar refractivity (Wildman–Crippen MR) is 152 cm³/mol. The standard InChI is InChI=1S/C29H30F4N4OS/c1-4-19(10-9-17(2)29(31,32)33)13-22(34)16-36-18(3)39-28(27(35)23-7-5-6-8-24(23)30)20-11-12-25-21(14-20)15-26(38)37-25/h4-12,14,22,36H,1,3,13,15-16,34-35H2,2H3,(H,37,38)/b17-9+,19-10+,28-27-/t22-/m0/s1. The molecule has 3 rings (SSSR count). The Labute approximate surface area is 229 Å². The van der Waals surface area contributed by atoms with E-state index in [-0.39, 0.29) is 36.6 Å². The summed E-state index contributed by atoms with van der Waals surface area (Å²) in [6, 6.07) is 11.1. The summed E-state index contributed by atoms with van der Waals surface area (Å²) in [5.74, 6) is -0.593. The van der Waals surface area contributed by atoms with Crippen molar-refractivity contribution in [3.8, 4) is 0 Å². The molecular weight excluding hydrogens is 528 g/mol. The molecule has 2 aromatic carbocycles. The van der Waals surface area contributed by atoms with E-state index in [9.17, 15) is 22.4 Å². The van der Waals surface area contributed by atoms with Crippen molar-refractivity contribution in [2.75, 3.05) is 11.9 Å². The molecule has 10 heteroatoms. The maximum Gasteiger partial charge on any atom is 0.412 e. The zero-order valence-corrected chi connectivity index (χ0v) is 22.2. The van der Waals surface area contributed by atoms with Gasteiger partial charge in [-0.2, -0.15) is 13.2 Å². The van der Waals surface area contributed by atoms with E-state index in [0.717, 1.165) is 18.6 Å². The van der Waals surface area contributed by atoms with Crippen LogP contribution in [0.5, 0.6) is 0 Å². The van der Waals surface area contributed by atoms with Crippen molar-refractivity contribution in [3.05, 3.63) is 113 Å². The Hall–Kier alpha value is -3.76. The fourth-order valence-corrected chi connectivity index (χ4v) is 4.63. The van der Waals surface area contributed by atoms with Gasteiger partial charge in [-0.1, -0.05) is 61.3 Å². The van der Waals surface area contributed by atoms with Gasteiger partial charge in [0, 0.05) is 34.3 Å². The van der Waals surface area contributed by atoms with E-state index in [0.29, 0.717) is 26.8 Å².